The third-order valence-corrected chi connectivity index (χ3v) is 6.02. The first kappa shape index (κ1) is 16.1. The second-order valence-electron chi connectivity index (χ2n) is 8.00. The van der Waals surface area contributed by atoms with Gasteiger partial charge >= 0.3 is 0 Å². The molecule has 2 saturated carbocycles. The molecule has 0 aromatic carbocycles. The summed E-state index contributed by atoms with van der Waals surface area (Å²) in [7, 11) is 0. The normalized spacial score (nSPS) is 25.5. The fourth-order valence-electron chi connectivity index (χ4n) is 4.63. The minimum absolute atomic E-state index is 0.0797. The number of H-pyrrole nitrogens is 1. The zero-order valence-corrected chi connectivity index (χ0v) is 14.8. The summed E-state index contributed by atoms with van der Waals surface area (Å²) in [6.07, 6.45) is 12.1. The van der Waals surface area contributed by atoms with Crippen molar-refractivity contribution in [2.24, 2.45) is 5.92 Å². The summed E-state index contributed by atoms with van der Waals surface area (Å²) in [4.78, 5) is 23.3. The molecule has 1 amide bonds. The average Bonchev–Trinajstić information content (AvgIpc) is 3.28. The van der Waals surface area contributed by atoms with E-state index in [9.17, 15) is 4.79 Å². The van der Waals surface area contributed by atoms with Crippen molar-refractivity contribution >= 4 is 5.91 Å². The Bertz CT molecular complexity index is 586. The summed E-state index contributed by atoms with van der Waals surface area (Å²) in [5, 5.41) is 3.77. The molecule has 1 aromatic rings. The maximum absolute atomic E-state index is 13.2. The number of aromatic amines is 1. The van der Waals surface area contributed by atoms with Crippen LogP contribution in [0, 0.1) is 5.92 Å². The number of carbonyl (C=O) groups is 1. The number of carbonyl (C=O) groups excluding carboxylic acids is 1. The number of nitrogens with one attached hydrogen (secondary N) is 2. The van der Waals surface area contributed by atoms with Gasteiger partial charge in [0.2, 0.25) is 5.91 Å². The van der Waals surface area contributed by atoms with Crippen molar-refractivity contribution < 1.29 is 4.79 Å². The monoisotopic (exact) mass is 330 g/mol. The lowest BCUT2D eigenvalue weighted by Crippen LogP contribution is -2.59. The summed E-state index contributed by atoms with van der Waals surface area (Å²) < 4.78 is 0. The molecule has 5 heteroatoms. The van der Waals surface area contributed by atoms with Crippen LogP contribution in [0.5, 0.6) is 0 Å². The van der Waals surface area contributed by atoms with Crippen molar-refractivity contribution in [3.63, 3.8) is 0 Å². The summed E-state index contributed by atoms with van der Waals surface area (Å²) >= 11 is 0. The number of hydrogen-bond donors (Lipinski definition) is 2. The highest BCUT2D eigenvalue weighted by molar-refractivity contribution is 5.82. The van der Waals surface area contributed by atoms with Crippen molar-refractivity contribution in [1.82, 2.24) is 20.2 Å². The third-order valence-electron chi connectivity index (χ3n) is 6.02. The molecular weight excluding hydrogens is 300 g/mol. The van der Waals surface area contributed by atoms with E-state index in [1.54, 1.807) is 0 Å². The average molecular weight is 330 g/mol. The van der Waals surface area contributed by atoms with Crippen molar-refractivity contribution in [3.05, 3.63) is 17.7 Å². The molecule has 0 bridgehead atoms. The van der Waals surface area contributed by atoms with Crippen LogP contribution in [-0.4, -0.2) is 39.9 Å². The van der Waals surface area contributed by atoms with Crippen LogP contribution in [0.25, 0.3) is 0 Å². The van der Waals surface area contributed by atoms with E-state index < -0.39 is 0 Å². The number of imidazole rings is 1. The van der Waals surface area contributed by atoms with Crippen LogP contribution in [0.3, 0.4) is 0 Å². The Labute approximate surface area is 144 Å². The Morgan fingerprint density at radius 1 is 1.33 bits per heavy atom. The highest BCUT2D eigenvalue weighted by atomic mass is 16.2. The summed E-state index contributed by atoms with van der Waals surface area (Å²) in [6, 6.07) is -0.0960. The van der Waals surface area contributed by atoms with Crippen molar-refractivity contribution in [3.8, 4) is 0 Å². The molecule has 1 spiro atoms. The Morgan fingerprint density at radius 2 is 2.12 bits per heavy atom. The van der Waals surface area contributed by atoms with E-state index in [4.69, 9.17) is 0 Å². The van der Waals surface area contributed by atoms with Crippen LogP contribution in [0.2, 0.25) is 0 Å². The molecule has 2 N–H and O–H groups in total. The minimum Gasteiger partial charge on any atom is -0.348 e. The zero-order chi connectivity index (χ0) is 16.6. The van der Waals surface area contributed by atoms with E-state index in [1.165, 1.54) is 43.5 Å². The summed E-state index contributed by atoms with van der Waals surface area (Å²) in [6.45, 7) is 4.00. The molecule has 0 unspecified atom stereocenters. The van der Waals surface area contributed by atoms with Gasteiger partial charge in [0.1, 0.15) is 0 Å². The Balaban J connectivity index is 1.56. The van der Waals surface area contributed by atoms with E-state index in [0.29, 0.717) is 5.91 Å². The van der Waals surface area contributed by atoms with Crippen molar-refractivity contribution in [2.75, 3.05) is 13.1 Å². The fraction of sp³-hybridized carbons (Fsp3) is 0.789. The molecule has 3 aliphatic rings. The Morgan fingerprint density at radius 3 is 2.83 bits per heavy atom. The number of nitrogens with zero attached hydrogens (tertiary/aromatic N) is 2. The van der Waals surface area contributed by atoms with Crippen molar-refractivity contribution in [2.45, 2.75) is 76.3 Å². The van der Waals surface area contributed by atoms with E-state index in [2.05, 4.69) is 27.1 Å². The molecule has 2 aliphatic carbocycles. The Kier molecular flexibility index (Phi) is 4.37. The molecule has 1 aromatic heterocycles. The fourth-order valence-corrected chi connectivity index (χ4v) is 4.63. The first-order valence-electron chi connectivity index (χ1n) is 9.81. The van der Waals surface area contributed by atoms with Crippen LogP contribution in [0.1, 0.15) is 69.7 Å². The van der Waals surface area contributed by atoms with Gasteiger partial charge in [-0.2, -0.15) is 0 Å². The SMILES string of the molecule is CCCN(CC1CC1)C(=O)[C@@H]1Cc2[nH]cnc2C2(CCCCC2)N1. The second-order valence-corrected chi connectivity index (χ2v) is 8.00. The molecule has 24 heavy (non-hydrogen) atoms. The summed E-state index contributed by atoms with van der Waals surface area (Å²) in [5.41, 5.74) is 2.27. The molecule has 0 saturated heterocycles. The molecule has 2 heterocycles. The largest absolute Gasteiger partial charge is 0.348 e. The molecule has 1 atom stereocenters. The van der Waals surface area contributed by atoms with E-state index >= 15 is 0 Å². The maximum atomic E-state index is 13.2. The first-order valence-corrected chi connectivity index (χ1v) is 9.81. The molecule has 0 radical (unpaired) electrons. The number of aromatic nitrogens is 2. The molecule has 5 nitrogen and oxygen atoms in total. The smallest absolute Gasteiger partial charge is 0.240 e. The predicted octanol–water partition coefficient (Wildman–Crippen LogP) is 2.73. The first-order chi connectivity index (χ1) is 11.7. The molecular formula is C19H30N4O. The second kappa shape index (κ2) is 6.51. The van der Waals surface area contributed by atoms with Gasteiger partial charge < -0.3 is 9.88 Å². The van der Waals surface area contributed by atoms with E-state index in [1.807, 2.05) is 6.33 Å². The van der Waals surface area contributed by atoms with Gasteiger partial charge in [0.15, 0.2) is 0 Å². The van der Waals surface area contributed by atoms with Gasteiger partial charge in [-0.05, 0) is 38.0 Å². The summed E-state index contributed by atoms with van der Waals surface area (Å²) in [5.74, 6) is 1.05. The zero-order valence-electron chi connectivity index (χ0n) is 14.8. The van der Waals surface area contributed by atoms with E-state index in [-0.39, 0.29) is 11.6 Å². The van der Waals surface area contributed by atoms with Gasteiger partial charge in [-0.15, -0.1) is 0 Å². The maximum Gasteiger partial charge on any atom is 0.240 e. The lowest BCUT2D eigenvalue weighted by Gasteiger charge is -2.44. The van der Waals surface area contributed by atoms with Crippen LogP contribution >= 0.6 is 0 Å². The van der Waals surface area contributed by atoms with Gasteiger partial charge in [-0.3, -0.25) is 10.1 Å². The van der Waals surface area contributed by atoms with Crippen LogP contribution in [-0.2, 0) is 16.8 Å². The van der Waals surface area contributed by atoms with Gasteiger partial charge in [0.05, 0.1) is 23.6 Å². The van der Waals surface area contributed by atoms with Crippen LogP contribution < -0.4 is 5.32 Å². The van der Waals surface area contributed by atoms with E-state index in [0.717, 1.165) is 44.7 Å². The lowest BCUT2D eigenvalue weighted by molar-refractivity contribution is -0.135. The lowest BCUT2D eigenvalue weighted by atomic mass is 9.75. The minimum atomic E-state index is -0.0960. The quantitative estimate of drug-likeness (QED) is 0.873. The van der Waals surface area contributed by atoms with Gasteiger partial charge in [0, 0.05) is 25.2 Å². The molecule has 4 rings (SSSR count). The topological polar surface area (TPSA) is 61.0 Å². The highest BCUT2D eigenvalue weighted by Crippen LogP contribution is 2.41. The molecule has 132 valence electrons. The standard InChI is InChI=1S/C19H30N4O/c1-2-10-23(12-14-6-7-14)18(24)16-11-15-17(21-13-20-15)19(22-16)8-4-3-5-9-19/h13-14,16,22H,2-12H2,1H3,(H,20,21)/t16-/m0/s1. The Hall–Kier alpha value is -1.36. The predicted molar refractivity (Wildman–Crippen MR) is 93.6 cm³/mol. The number of fused-ring (bicyclic) bond motifs is 2. The number of rotatable bonds is 5. The highest BCUT2D eigenvalue weighted by Gasteiger charge is 2.45. The van der Waals surface area contributed by atoms with Crippen LogP contribution in [0.4, 0.5) is 0 Å². The number of hydrogen-bond acceptors (Lipinski definition) is 3. The molecule has 2 fully saturated rings. The van der Waals surface area contributed by atoms with Gasteiger partial charge in [0.25, 0.3) is 0 Å². The van der Waals surface area contributed by atoms with Crippen LogP contribution in [0.15, 0.2) is 6.33 Å². The van der Waals surface area contributed by atoms with Gasteiger partial charge in [-0.1, -0.05) is 26.2 Å². The van der Waals surface area contributed by atoms with Gasteiger partial charge in [-0.25, -0.2) is 4.98 Å². The third kappa shape index (κ3) is 2.99. The molecule has 1 aliphatic heterocycles. The van der Waals surface area contributed by atoms with Crippen molar-refractivity contribution in [1.29, 1.82) is 0 Å². The number of amides is 1.